The van der Waals surface area contributed by atoms with Crippen molar-refractivity contribution < 1.29 is 14.3 Å². The topological polar surface area (TPSA) is 46.6 Å². The van der Waals surface area contributed by atoms with Gasteiger partial charge < -0.3 is 9.64 Å². The van der Waals surface area contributed by atoms with Gasteiger partial charge in [0.2, 0.25) is 5.91 Å². The zero-order valence-electron chi connectivity index (χ0n) is 13.5. The van der Waals surface area contributed by atoms with Crippen molar-refractivity contribution in [2.24, 2.45) is 11.8 Å². The molecule has 2 fully saturated rings. The number of unbranched alkanes of at least 4 members (excludes halogenated alkanes) is 2. The Bertz CT molecular complexity index is 369. The number of nitrogens with zero attached hydrogens (tertiary/aromatic N) is 1. The number of carbonyl (C=O) groups is 2. The van der Waals surface area contributed by atoms with E-state index in [1.54, 1.807) is 0 Å². The van der Waals surface area contributed by atoms with Gasteiger partial charge in [-0.2, -0.15) is 0 Å². The SMILES string of the molecule is CCCCCOC(=O)CN1C(=O)[C@H]2CCCC[C@@H]2[C@@H]1CC. The lowest BCUT2D eigenvalue weighted by Gasteiger charge is -2.28. The van der Waals surface area contributed by atoms with Gasteiger partial charge in [0.05, 0.1) is 6.61 Å². The Balaban J connectivity index is 1.88. The highest BCUT2D eigenvalue weighted by molar-refractivity contribution is 5.86. The number of rotatable bonds is 7. The molecule has 1 saturated heterocycles. The van der Waals surface area contributed by atoms with Crippen LogP contribution in [0.4, 0.5) is 0 Å². The molecule has 0 aromatic carbocycles. The maximum absolute atomic E-state index is 12.5. The fourth-order valence-electron chi connectivity index (χ4n) is 3.98. The van der Waals surface area contributed by atoms with Crippen LogP contribution in [0.25, 0.3) is 0 Å². The van der Waals surface area contributed by atoms with E-state index in [2.05, 4.69) is 13.8 Å². The van der Waals surface area contributed by atoms with Crippen molar-refractivity contribution in [3.05, 3.63) is 0 Å². The third kappa shape index (κ3) is 3.78. The van der Waals surface area contributed by atoms with Gasteiger partial charge in [-0.05, 0) is 31.6 Å². The molecule has 3 atom stereocenters. The van der Waals surface area contributed by atoms with Crippen molar-refractivity contribution in [2.75, 3.05) is 13.2 Å². The molecule has 1 heterocycles. The predicted octanol–water partition coefficient (Wildman–Crippen LogP) is 3.15. The maximum atomic E-state index is 12.5. The summed E-state index contributed by atoms with van der Waals surface area (Å²) in [5, 5.41) is 0. The van der Waals surface area contributed by atoms with Crippen LogP contribution in [0.5, 0.6) is 0 Å². The first-order valence-electron chi connectivity index (χ1n) is 8.65. The van der Waals surface area contributed by atoms with Gasteiger partial charge in [0.1, 0.15) is 6.54 Å². The van der Waals surface area contributed by atoms with Crippen LogP contribution in [0.15, 0.2) is 0 Å². The minimum absolute atomic E-state index is 0.149. The lowest BCUT2D eigenvalue weighted by atomic mass is 9.78. The monoisotopic (exact) mass is 295 g/mol. The molecular weight excluding hydrogens is 266 g/mol. The zero-order valence-corrected chi connectivity index (χ0v) is 13.5. The summed E-state index contributed by atoms with van der Waals surface area (Å²) in [5.41, 5.74) is 0. The van der Waals surface area contributed by atoms with E-state index in [0.29, 0.717) is 12.5 Å². The molecule has 2 rings (SSSR count). The van der Waals surface area contributed by atoms with Crippen LogP contribution in [-0.2, 0) is 14.3 Å². The summed E-state index contributed by atoms with van der Waals surface area (Å²) < 4.78 is 5.27. The Kier molecular flexibility index (Phi) is 6.07. The fraction of sp³-hybridized carbons (Fsp3) is 0.882. The van der Waals surface area contributed by atoms with Crippen molar-refractivity contribution in [1.29, 1.82) is 0 Å². The van der Waals surface area contributed by atoms with E-state index in [1.165, 1.54) is 6.42 Å². The van der Waals surface area contributed by atoms with E-state index in [9.17, 15) is 9.59 Å². The molecule has 1 aliphatic heterocycles. The number of likely N-dealkylation sites (tertiary alicyclic amines) is 1. The maximum Gasteiger partial charge on any atom is 0.325 e. The second kappa shape index (κ2) is 7.81. The number of amides is 1. The van der Waals surface area contributed by atoms with Crippen LogP contribution in [0.3, 0.4) is 0 Å². The average Bonchev–Trinajstić information content (AvgIpc) is 2.76. The van der Waals surface area contributed by atoms with Gasteiger partial charge in [0, 0.05) is 12.0 Å². The minimum Gasteiger partial charge on any atom is -0.464 e. The summed E-state index contributed by atoms with van der Waals surface area (Å²) in [5.74, 6) is 0.578. The Morgan fingerprint density at radius 3 is 2.71 bits per heavy atom. The van der Waals surface area contributed by atoms with Crippen LogP contribution in [0.2, 0.25) is 0 Å². The second-order valence-electron chi connectivity index (χ2n) is 6.42. The number of hydrogen-bond acceptors (Lipinski definition) is 3. The van der Waals surface area contributed by atoms with Crippen LogP contribution in [0, 0.1) is 11.8 Å². The summed E-state index contributed by atoms with van der Waals surface area (Å²) in [6.07, 6.45) is 8.56. The van der Waals surface area contributed by atoms with Gasteiger partial charge in [0.15, 0.2) is 0 Å². The zero-order chi connectivity index (χ0) is 15.2. The first-order valence-corrected chi connectivity index (χ1v) is 8.65. The van der Waals surface area contributed by atoms with Crippen molar-refractivity contribution in [1.82, 2.24) is 4.90 Å². The standard InChI is InChI=1S/C17H29NO3/c1-3-5-8-11-21-16(19)12-18-15(4-2)13-9-6-7-10-14(13)17(18)20/h13-15H,3-12H2,1-2H3/t13-,14-,15-/m0/s1. The molecule has 0 N–H and O–H groups in total. The highest BCUT2D eigenvalue weighted by Gasteiger charge is 2.48. The molecule has 120 valence electrons. The van der Waals surface area contributed by atoms with E-state index in [0.717, 1.165) is 44.9 Å². The highest BCUT2D eigenvalue weighted by Crippen LogP contribution is 2.42. The van der Waals surface area contributed by atoms with E-state index in [-0.39, 0.29) is 30.4 Å². The van der Waals surface area contributed by atoms with E-state index < -0.39 is 0 Å². The molecule has 4 nitrogen and oxygen atoms in total. The van der Waals surface area contributed by atoms with Crippen molar-refractivity contribution in [2.45, 2.75) is 71.3 Å². The van der Waals surface area contributed by atoms with E-state index >= 15 is 0 Å². The Hall–Kier alpha value is -1.06. The smallest absolute Gasteiger partial charge is 0.325 e. The fourth-order valence-corrected chi connectivity index (χ4v) is 3.98. The summed E-state index contributed by atoms with van der Waals surface area (Å²) in [6.45, 7) is 4.88. The first-order chi connectivity index (χ1) is 10.2. The molecule has 0 spiro atoms. The van der Waals surface area contributed by atoms with E-state index in [4.69, 9.17) is 4.74 Å². The van der Waals surface area contributed by atoms with Gasteiger partial charge in [0.25, 0.3) is 0 Å². The molecule has 0 unspecified atom stereocenters. The van der Waals surface area contributed by atoms with E-state index in [1.807, 2.05) is 4.90 Å². The van der Waals surface area contributed by atoms with Crippen molar-refractivity contribution in [3.8, 4) is 0 Å². The van der Waals surface area contributed by atoms with Gasteiger partial charge in [-0.3, -0.25) is 9.59 Å². The summed E-state index contributed by atoms with van der Waals surface area (Å²) in [4.78, 5) is 26.3. The number of ether oxygens (including phenoxy) is 1. The average molecular weight is 295 g/mol. The molecule has 0 bridgehead atoms. The number of fused-ring (bicyclic) bond motifs is 1. The molecule has 1 aliphatic carbocycles. The quantitative estimate of drug-likeness (QED) is 0.535. The molecule has 0 aromatic heterocycles. The lowest BCUT2D eigenvalue weighted by Crippen LogP contribution is -2.39. The number of hydrogen-bond donors (Lipinski definition) is 0. The third-order valence-corrected chi connectivity index (χ3v) is 5.04. The number of esters is 1. The molecule has 2 aliphatic rings. The molecule has 0 radical (unpaired) electrons. The molecular formula is C17H29NO3. The Morgan fingerprint density at radius 1 is 1.24 bits per heavy atom. The van der Waals surface area contributed by atoms with Gasteiger partial charge in [-0.15, -0.1) is 0 Å². The molecule has 4 heteroatoms. The highest BCUT2D eigenvalue weighted by atomic mass is 16.5. The predicted molar refractivity (Wildman–Crippen MR) is 81.7 cm³/mol. The summed E-state index contributed by atoms with van der Waals surface area (Å²) in [7, 11) is 0. The first kappa shape index (κ1) is 16.3. The van der Waals surface area contributed by atoms with Crippen molar-refractivity contribution in [3.63, 3.8) is 0 Å². The normalized spacial score (nSPS) is 28.6. The van der Waals surface area contributed by atoms with Crippen LogP contribution < -0.4 is 0 Å². The van der Waals surface area contributed by atoms with Gasteiger partial charge in [-0.25, -0.2) is 0 Å². The Morgan fingerprint density at radius 2 is 2.00 bits per heavy atom. The summed E-state index contributed by atoms with van der Waals surface area (Å²) >= 11 is 0. The van der Waals surface area contributed by atoms with Crippen molar-refractivity contribution >= 4 is 11.9 Å². The van der Waals surface area contributed by atoms with Crippen LogP contribution in [0.1, 0.15) is 65.2 Å². The number of carbonyl (C=O) groups excluding carboxylic acids is 2. The minimum atomic E-state index is -0.239. The largest absolute Gasteiger partial charge is 0.464 e. The van der Waals surface area contributed by atoms with Gasteiger partial charge in [-0.1, -0.05) is 39.5 Å². The third-order valence-electron chi connectivity index (χ3n) is 5.04. The second-order valence-corrected chi connectivity index (χ2v) is 6.42. The molecule has 1 saturated carbocycles. The van der Waals surface area contributed by atoms with Crippen LogP contribution in [-0.4, -0.2) is 36.0 Å². The molecule has 1 amide bonds. The van der Waals surface area contributed by atoms with Crippen LogP contribution >= 0.6 is 0 Å². The molecule has 0 aromatic rings. The molecule has 21 heavy (non-hydrogen) atoms. The Labute approximate surface area is 128 Å². The summed E-state index contributed by atoms with van der Waals surface area (Å²) in [6, 6.07) is 0.242. The van der Waals surface area contributed by atoms with Gasteiger partial charge >= 0.3 is 5.97 Å². The lowest BCUT2D eigenvalue weighted by molar-refractivity contribution is -0.149.